The Labute approximate surface area is 67.1 Å². The third-order valence-electron chi connectivity index (χ3n) is 3.08. The van der Waals surface area contributed by atoms with Crippen molar-refractivity contribution in [2.24, 2.45) is 10.8 Å². The molecule has 2 aliphatic rings. The lowest BCUT2D eigenvalue weighted by atomic mass is 9.97. The molecule has 2 fully saturated rings. The average molecular weight is 179 g/mol. The van der Waals surface area contributed by atoms with Crippen LogP contribution in [0.5, 0.6) is 0 Å². The molecule has 2 atom stereocenters. The summed E-state index contributed by atoms with van der Waals surface area (Å²) in [5.74, 6) is 0. The normalized spacial score (nSPS) is 45.6. The minimum atomic E-state index is -4.24. The first-order chi connectivity index (χ1) is 5.47. The van der Waals surface area contributed by atoms with Crippen molar-refractivity contribution in [3.8, 4) is 0 Å². The number of fused-ring (bicyclic) bond motifs is 1. The van der Waals surface area contributed by atoms with Gasteiger partial charge in [-0.2, -0.15) is 13.2 Å². The van der Waals surface area contributed by atoms with Gasteiger partial charge in [0.05, 0.1) is 10.8 Å². The Kier molecular flexibility index (Phi) is 1.23. The van der Waals surface area contributed by atoms with E-state index in [-0.39, 0.29) is 19.5 Å². The third-order valence-corrected chi connectivity index (χ3v) is 3.08. The molecule has 0 bridgehead atoms. The van der Waals surface area contributed by atoms with E-state index in [1.807, 2.05) is 0 Å². The molecule has 1 aliphatic heterocycles. The van der Waals surface area contributed by atoms with Crippen LogP contribution in [0.4, 0.5) is 13.2 Å². The lowest BCUT2D eigenvalue weighted by Gasteiger charge is -2.17. The molecule has 0 aromatic heterocycles. The minimum Gasteiger partial charge on any atom is -0.315 e. The lowest BCUT2D eigenvalue weighted by Crippen LogP contribution is -2.32. The number of piperidine rings is 1. The number of hydrogen-bond acceptors (Lipinski definition) is 2. The summed E-state index contributed by atoms with van der Waals surface area (Å²) in [5.41, 5.74) is -2.87. The molecule has 0 aromatic carbocycles. The Morgan fingerprint density at radius 1 is 1.33 bits per heavy atom. The van der Waals surface area contributed by atoms with E-state index in [2.05, 4.69) is 5.32 Å². The molecule has 68 valence electrons. The van der Waals surface area contributed by atoms with Gasteiger partial charge in [-0.05, 0) is 6.42 Å². The van der Waals surface area contributed by atoms with Crippen LogP contribution in [0.25, 0.3) is 0 Å². The number of aldehydes is 1. The van der Waals surface area contributed by atoms with Crippen molar-refractivity contribution in [3.63, 3.8) is 0 Å². The summed E-state index contributed by atoms with van der Waals surface area (Å²) in [6, 6.07) is 0. The standard InChI is InChI=1S/C7H8F3NO/c8-7(9,10)6-1-5(6,4-12)2-11-3-6/h4,11H,1-3H2/t5-,6-/m0/s1. The molecule has 1 saturated heterocycles. The van der Waals surface area contributed by atoms with Gasteiger partial charge in [0.25, 0.3) is 0 Å². The van der Waals surface area contributed by atoms with Crippen molar-refractivity contribution < 1.29 is 18.0 Å². The van der Waals surface area contributed by atoms with Gasteiger partial charge in [-0.25, -0.2) is 0 Å². The van der Waals surface area contributed by atoms with Gasteiger partial charge in [-0.3, -0.25) is 0 Å². The van der Waals surface area contributed by atoms with E-state index in [4.69, 9.17) is 0 Å². The third kappa shape index (κ3) is 0.635. The zero-order valence-corrected chi connectivity index (χ0v) is 6.24. The van der Waals surface area contributed by atoms with Gasteiger partial charge in [0.2, 0.25) is 0 Å². The maximum absolute atomic E-state index is 12.4. The average Bonchev–Trinajstić information content (AvgIpc) is 2.51. The van der Waals surface area contributed by atoms with E-state index in [0.29, 0.717) is 6.29 Å². The molecule has 0 radical (unpaired) electrons. The topological polar surface area (TPSA) is 29.1 Å². The quantitative estimate of drug-likeness (QED) is 0.601. The van der Waals surface area contributed by atoms with Gasteiger partial charge in [0.1, 0.15) is 6.29 Å². The fourth-order valence-corrected chi connectivity index (χ4v) is 2.14. The van der Waals surface area contributed by atoms with Crippen LogP contribution >= 0.6 is 0 Å². The Bertz CT molecular complexity index is 239. The fourth-order valence-electron chi connectivity index (χ4n) is 2.14. The molecule has 12 heavy (non-hydrogen) atoms. The highest BCUT2D eigenvalue weighted by Gasteiger charge is 2.81. The molecule has 1 saturated carbocycles. The summed E-state index contributed by atoms with van der Waals surface area (Å²) in [5, 5.41) is 2.61. The molecule has 0 amide bonds. The van der Waals surface area contributed by atoms with Crippen LogP contribution in [-0.4, -0.2) is 25.6 Å². The predicted molar refractivity (Wildman–Crippen MR) is 34.5 cm³/mol. The molecular formula is C7H8F3NO. The van der Waals surface area contributed by atoms with Gasteiger partial charge >= 0.3 is 6.18 Å². The summed E-state index contributed by atoms with van der Waals surface area (Å²) in [6.45, 7) is 0.0747. The Morgan fingerprint density at radius 2 is 2.00 bits per heavy atom. The van der Waals surface area contributed by atoms with E-state index in [1.54, 1.807) is 0 Å². The summed E-state index contributed by atoms with van der Waals surface area (Å²) in [7, 11) is 0. The summed E-state index contributed by atoms with van der Waals surface area (Å²) in [4.78, 5) is 10.5. The Balaban J connectivity index is 2.32. The van der Waals surface area contributed by atoms with Crippen LogP contribution in [0.2, 0.25) is 0 Å². The van der Waals surface area contributed by atoms with Crippen LogP contribution in [-0.2, 0) is 4.79 Å². The SMILES string of the molecule is O=C[C@]12CNC[C@@]1(C(F)(F)F)C2. The molecule has 1 heterocycles. The largest absolute Gasteiger partial charge is 0.396 e. The summed E-state index contributed by atoms with van der Waals surface area (Å²) < 4.78 is 37.3. The monoisotopic (exact) mass is 179 g/mol. The van der Waals surface area contributed by atoms with Crippen molar-refractivity contribution in [3.05, 3.63) is 0 Å². The van der Waals surface area contributed by atoms with Gasteiger partial charge < -0.3 is 10.1 Å². The number of alkyl halides is 3. The van der Waals surface area contributed by atoms with Gasteiger partial charge in [0.15, 0.2) is 0 Å². The molecule has 1 N–H and O–H groups in total. The van der Waals surface area contributed by atoms with E-state index >= 15 is 0 Å². The molecule has 2 nitrogen and oxygen atoms in total. The van der Waals surface area contributed by atoms with Crippen molar-refractivity contribution >= 4 is 6.29 Å². The van der Waals surface area contributed by atoms with Gasteiger partial charge in [-0.15, -0.1) is 0 Å². The maximum atomic E-state index is 12.4. The smallest absolute Gasteiger partial charge is 0.315 e. The number of carbonyl (C=O) groups is 1. The second-order valence-electron chi connectivity index (χ2n) is 3.63. The summed E-state index contributed by atoms with van der Waals surface area (Å²) >= 11 is 0. The first kappa shape index (κ1) is 8.04. The van der Waals surface area contributed by atoms with E-state index < -0.39 is 17.0 Å². The van der Waals surface area contributed by atoms with Crippen molar-refractivity contribution in [1.29, 1.82) is 0 Å². The van der Waals surface area contributed by atoms with Crippen LogP contribution in [0.3, 0.4) is 0 Å². The van der Waals surface area contributed by atoms with E-state index in [0.717, 1.165) is 0 Å². The first-order valence-electron chi connectivity index (χ1n) is 3.71. The molecular weight excluding hydrogens is 171 g/mol. The predicted octanol–water partition coefficient (Wildman–Crippen LogP) is 0.727. The van der Waals surface area contributed by atoms with Crippen LogP contribution in [0.15, 0.2) is 0 Å². The van der Waals surface area contributed by atoms with Crippen molar-refractivity contribution in [2.75, 3.05) is 13.1 Å². The second kappa shape index (κ2) is 1.84. The zero-order valence-electron chi connectivity index (χ0n) is 6.24. The lowest BCUT2D eigenvalue weighted by molar-refractivity contribution is -0.190. The number of carbonyl (C=O) groups excluding carboxylic acids is 1. The summed E-state index contributed by atoms with van der Waals surface area (Å²) in [6.07, 6.45) is -3.81. The number of nitrogens with one attached hydrogen (secondary N) is 1. The first-order valence-corrected chi connectivity index (χ1v) is 3.71. The highest BCUT2D eigenvalue weighted by atomic mass is 19.4. The van der Waals surface area contributed by atoms with Gasteiger partial charge in [0, 0.05) is 13.1 Å². The number of rotatable bonds is 1. The molecule has 5 heteroatoms. The fraction of sp³-hybridized carbons (Fsp3) is 0.857. The molecule has 0 unspecified atom stereocenters. The Morgan fingerprint density at radius 3 is 2.33 bits per heavy atom. The number of hydrogen-bond donors (Lipinski definition) is 1. The highest BCUT2D eigenvalue weighted by Crippen LogP contribution is 2.71. The molecule has 1 aliphatic carbocycles. The number of halogens is 3. The minimum absolute atomic E-state index is 0.0278. The maximum Gasteiger partial charge on any atom is 0.396 e. The van der Waals surface area contributed by atoms with E-state index in [1.165, 1.54) is 0 Å². The zero-order chi connectivity index (χ0) is 9.04. The van der Waals surface area contributed by atoms with E-state index in [9.17, 15) is 18.0 Å². The molecule has 0 aromatic rings. The van der Waals surface area contributed by atoms with Crippen LogP contribution < -0.4 is 5.32 Å². The molecule has 0 spiro atoms. The molecule has 2 rings (SSSR count). The van der Waals surface area contributed by atoms with Crippen molar-refractivity contribution in [2.45, 2.75) is 12.6 Å². The van der Waals surface area contributed by atoms with Crippen molar-refractivity contribution in [1.82, 2.24) is 5.32 Å². The van der Waals surface area contributed by atoms with Crippen LogP contribution in [0, 0.1) is 10.8 Å². The second-order valence-corrected chi connectivity index (χ2v) is 3.63. The van der Waals surface area contributed by atoms with Gasteiger partial charge in [-0.1, -0.05) is 0 Å². The highest BCUT2D eigenvalue weighted by molar-refractivity contribution is 5.69. The van der Waals surface area contributed by atoms with Crippen LogP contribution in [0.1, 0.15) is 6.42 Å². The Hall–Kier alpha value is -0.580.